The molecule has 1 N–H and O–H groups in total. The van der Waals surface area contributed by atoms with Gasteiger partial charge in [0.1, 0.15) is 18.1 Å². The van der Waals surface area contributed by atoms with Gasteiger partial charge in [-0.2, -0.15) is 0 Å². The van der Waals surface area contributed by atoms with E-state index in [0.717, 1.165) is 12.3 Å². The maximum atomic E-state index is 6.04. The molecule has 0 radical (unpaired) electrons. The van der Waals surface area contributed by atoms with Gasteiger partial charge in [-0.25, -0.2) is 0 Å². The maximum absolute atomic E-state index is 6.04. The van der Waals surface area contributed by atoms with Crippen molar-refractivity contribution in [3.05, 3.63) is 50.9 Å². The van der Waals surface area contributed by atoms with Crippen LogP contribution in [-0.2, 0) is 13.2 Å². The van der Waals surface area contributed by atoms with E-state index in [9.17, 15) is 0 Å². The lowest BCUT2D eigenvalue weighted by molar-refractivity contribution is 0.265. The van der Waals surface area contributed by atoms with Gasteiger partial charge in [0.2, 0.25) is 0 Å². The summed E-state index contributed by atoms with van der Waals surface area (Å²) in [5.74, 6) is 1.97. The van der Waals surface area contributed by atoms with E-state index in [0.29, 0.717) is 33.1 Å². The summed E-state index contributed by atoms with van der Waals surface area (Å²) < 4.78 is 11.2. The van der Waals surface area contributed by atoms with E-state index in [4.69, 9.17) is 44.0 Å². The molecule has 1 aromatic heterocycles. The summed E-state index contributed by atoms with van der Waals surface area (Å²) in [7, 11) is 0. The molecule has 0 saturated heterocycles. The highest BCUT2D eigenvalue weighted by Gasteiger charge is 2.10. The lowest BCUT2D eigenvalue weighted by Gasteiger charge is -2.09. The van der Waals surface area contributed by atoms with Crippen molar-refractivity contribution in [1.82, 2.24) is 5.32 Å². The summed E-state index contributed by atoms with van der Waals surface area (Å²) in [6, 6.07) is 6.95. The third-order valence-electron chi connectivity index (χ3n) is 2.59. The summed E-state index contributed by atoms with van der Waals surface area (Å²) in [5, 5.41) is 4.41. The Morgan fingerprint density at radius 3 is 2.40 bits per heavy atom. The Labute approximate surface area is 132 Å². The summed E-state index contributed by atoms with van der Waals surface area (Å²) in [4.78, 5) is 0. The Hall–Kier alpha value is -0.870. The zero-order valence-electron chi connectivity index (χ0n) is 10.9. The second-order valence-corrected chi connectivity index (χ2v) is 5.39. The van der Waals surface area contributed by atoms with E-state index in [1.54, 1.807) is 12.1 Å². The molecule has 0 aliphatic rings. The van der Waals surface area contributed by atoms with Crippen LogP contribution in [0.15, 0.2) is 28.7 Å². The fourth-order valence-electron chi connectivity index (χ4n) is 1.65. The van der Waals surface area contributed by atoms with Gasteiger partial charge in [-0.15, -0.1) is 0 Å². The predicted octanol–water partition coefficient (Wildman–Crippen LogP) is 4.93. The monoisotopic (exact) mass is 333 g/mol. The Balaban J connectivity index is 2.00. The number of hydrogen-bond donors (Lipinski definition) is 1. The summed E-state index contributed by atoms with van der Waals surface area (Å²) in [6.07, 6.45) is 0. The number of furan rings is 1. The molecular weight excluding hydrogens is 321 g/mol. The van der Waals surface area contributed by atoms with Gasteiger partial charge >= 0.3 is 0 Å². The molecule has 2 rings (SSSR count). The molecule has 108 valence electrons. The maximum Gasteiger partial charge on any atom is 0.157 e. The third-order valence-corrected chi connectivity index (χ3v) is 3.37. The molecule has 1 heterocycles. The standard InChI is InChI=1S/C14H14Cl3NO2/c1-2-18-7-10-3-4-11(20-10)8-19-14-12(16)5-9(15)6-13(14)17/h3-6,18H,2,7-8H2,1H3. The zero-order valence-corrected chi connectivity index (χ0v) is 13.1. The molecule has 0 aliphatic carbocycles. The van der Waals surface area contributed by atoms with Gasteiger partial charge in [0.25, 0.3) is 0 Å². The van der Waals surface area contributed by atoms with Crippen LogP contribution in [0.2, 0.25) is 15.1 Å². The van der Waals surface area contributed by atoms with Crippen LogP contribution in [0.25, 0.3) is 0 Å². The first kappa shape index (κ1) is 15.5. The van der Waals surface area contributed by atoms with Gasteiger partial charge in [0.05, 0.1) is 16.6 Å². The molecule has 0 unspecified atom stereocenters. The van der Waals surface area contributed by atoms with Crippen LogP contribution >= 0.6 is 34.8 Å². The molecule has 20 heavy (non-hydrogen) atoms. The Morgan fingerprint density at radius 2 is 1.75 bits per heavy atom. The Bertz CT molecular complexity index is 561. The average molecular weight is 335 g/mol. The van der Waals surface area contributed by atoms with Crippen molar-refractivity contribution in [2.24, 2.45) is 0 Å². The van der Waals surface area contributed by atoms with Crippen LogP contribution in [0, 0.1) is 0 Å². The Kier molecular flexibility index (Phi) is 5.61. The van der Waals surface area contributed by atoms with Crippen molar-refractivity contribution in [2.75, 3.05) is 6.54 Å². The van der Waals surface area contributed by atoms with E-state index in [1.165, 1.54) is 0 Å². The average Bonchev–Trinajstić information content (AvgIpc) is 2.83. The SMILES string of the molecule is CCNCc1ccc(COc2c(Cl)cc(Cl)cc2Cl)o1. The van der Waals surface area contributed by atoms with Crippen molar-refractivity contribution in [1.29, 1.82) is 0 Å². The topological polar surface area (TPSA) is 34.4 Å². The van der Waals surface area contributed by atoms with Gasteiger partial charge in [-0.1, -0.05) is 41.7 Å². The van der Waals surface area contributed by atoms with Crippen molar-refractivity contribution in [3.63, 3.8) is 0 Å². The van der Waals surface area contributed by atoms with E-state index in [-0.39, 0.29) is 6.61 Å². The van der Waals surface area contributed by atoms with Crippen molar-refractivity contribution >= 4 is 34.8 Å². The molecular formula is C14H14Cl3NO2. The first-order valence-corrected chi connectivity index (χ1v) is 7.29. The molecule has 0 bridgehead atoms. The first-order valence-electron chi connectivity index (χ1n) is 6.15. The molecule has 0 amide bonds. The van der Waals surface area contributed by atoms with Gasteiger partial charge in [-0.05, 0) is 30.8 Å². The molecule has 0 saturated carbocycles. The van der Waals surface area contributed by atoms with Crippen molar-refractivity contribution in [3.8, 4) is 5.75 Å². The van der Waals surface area contributed by atoms with E-state index in [2.05, 4.69) is 5.32 Å². The third kappa shape index (κ3) is 4.06. The van der Waals surface area contributed by atoms with Crippen LogP contribution in [0.3, 0.4) is 0 Å². The number of rotatable bonds is 6. The molecule has 0 atom stereocenters. The first-order chi connectivity index (χ1) is 9.60. The van der Waals surface area contributed by atoms with E-state index < -0.39 is 0 Å². The van der Waals surface area contributed by atoms with E-state index >= 15 is 0 Å². The minimum Gasteiger partial charge on any atom is -0.483 e. The number of ether oxygens (including phenoxy) is 1. The summed E-state index contributed by atoms with van der Waals surface area (Å²) in [5.41, 5.74) is 0. The highest BCUT2D eigenvalue weighted by Crippen LogP contribution is 2.36. The molecule has 1 aromatic carbocycles. The van der Waals surface area contributed by atoms with E-state index in [1.807, 2.05) is 19.1 Å². The fourth-order valence-corrected chi connectivity index (χ4v) is 2.58. The van der Waals surface area contributed by atoms with Gasteiger partial charge in [-0.3, -0.25) is 0 Å². The summed E-state index contributed by atoms with van der Waals surface area (Å²) in [6.45, 7) is 3.88. The zero-order chi connectivity index (χ0) is 14.5. The molecule has 3 nitrogen and oxygen atoms in total. The van der Waals surface area contributed by atoms with Crippen LogP contribution < -0.4 is 10.1 Å². The van der Waals surface area contributed by atoms with Crippen LogP contribution in [0.5, 0.6) is 5.75 Å². The van der Waals surface area contributed by atoms with Crippen LogP contribution in [0.4, 0.5) is 0 Å². The minimum absolute atomic E-state index is 0.257. The number of benzene rings is 1. The normalized spacial score (nSPS) is 10.8. The number of halogens is 3. The van der Waals surface area contributed by atoms with Crippen molar-refractivity contribution < 1.29 is 9.15 Å². The quantitative estimate of drug-likeness (QED) is 0.813. The largest absolute Gasteiger partial charge is 0.483 e. The molecule has 0 spiro atoms. The molecule has 6 heteroatoms. The summed E-state index contributed by atoms with van der Waals surface area (Å²) >= 11 is 17.9. The smallest absolute Gasteiger partial charge is 0.157 e. The van der Waals surface area contributed by atoms with Gasteiger partial charge < -0.3 is 14.5 Å². The van der Waals surface area contributed by atoms with Gasteiger partial charge in [0, 0.05) is 5.02 Å². The predicted molar refractivity (Wildman–Crippen MR) is 81.9 cm³/mol. The van der Waals surface area contributed by atoms with Crippen molar-refractivity contribution in [2.45, 2.75) is 20.1 Å². The highest BCUT2D eigenvalue weighted by molar-refractivity contribution is 6.40. The minimum atomic E-state index is 0.257. The lowest BCUT2D eigenvalue weighted by Crippen LogP contribution is -2.10. The number of hydrogen-bond acceptors (Lipinski definition) is 3. The van der Waals surface area contributed by atoms with Crippen LogP contribution in [0.1, 0.15) is 18.4 Å². The molecule has 2 aromatic rings. The second kappa shape index (κ2) is 7.23. The van der Waals surface area contributed by atoms with Crippen LogP contribution in [-0.4, -0.2) is 6.54 Å². The molecule has 0 fully saturated rings. The number of nitrogens with one attached hydrogen (secondary N) is 1. The highest BCUT2D eigenvalue weighted by atomic mass is 35.5. The fraction of sp³-hybridized carbons (Fsp3) is 0.286. The molecule has 0 aliphatic heterocycles. The second-order valence-electron chi connectivity index (χ2n) is 4.14. The van der Waals surface area contributed by atoms with Gasteiger partial charge in [0.15, 0.2) is 5.75 Å². The lowest BCUT2D eigenvalue weighted by atomic mass is 10.3. The Morgan fingerprint density at radius 1 is 1.10 bits per heavy atom.